The molecule has 0 aliphatic carbocycles. The second-order valence-corrected chi connectivity index (χ2v) is 6.00. The Balaban J connectivity index is 1.78. The van der Waals surface area contributed by atoms with Crippen molar-refractivity contribution in [3.8, 4) is 11.5 Å². The lowest BCUT2D eigenvalue weighted by Crippen LogP contribution is -2.30. The molecule has 144 valence electrons. The number of carbonyl (C=O) groups is 2. The van der Waals surface area contributed by atoms with Crippen LogP contribution < -0.4 is 5.32 Å². The number of hydrogen-bond donors (Lipinski definition) is 3. The number of hydrogen-bond acceptors (Lipinski definition) is 5. The number of esters is 1. The van der Waals surface area contributed by atoms with Gasteiger partial charge in [0.2, 0.25) is 0 Å². The normalized spacial score (nSPS) is 11.8. The smallest absolute Gasteiger partial charge is 0.342 e. The minimum Gasteiger partial charge on any atom is -0.507 e. The van der Waals surface area contributed by atoms with Crippen LogP contribution in [0.5, 0.6) is 11.5 Å². The summed E-state index contributed by atoms with van der Waals surface area (Å²) in [6.07, 6.45) is -1.36. The molecule has 3 rings (SSSR count). The number of anilines is 1. The zero-order valence-electron chi connectivity index (χ0n) is 14.6. The van der Waals surface area contributed by atoms with Gasteiger partial charge in [0.15, 0.2) is 6.10 Å². The van der Waals surface area contributed by atoms with Gasteiger partial charge in [-0.2, -0.15) is 0 Å². The molecule has 0 saturated heterocycles. The summed E-state index contributed by atoms with van der Waals surface area (Å²) < 4.78 is 31.5. The van der Waals surface area contributed by atoms with Crippen LogP contribution in [0.4, 0.5) is 14.5 Å². The molecule has 0 aliphatic rings. The number of amides is 1. The van der Waals surface area contributed by atoms with Crippen LogP contribution in [0.2, 0.25) is 0 Å². The molecule has 3 aromatic rings. The van der Waals surface area contributed by atoms with Gasteiger partial charge in [0.25, 0.3) is 5.91 Å². The van der Waals surface area contributed by atoms with Crippen LogP contribution in [0.1, 0.15) is 17.3 Å². The van der Waals surface area contributed by atoms with Crippen molar-refractivity contribution in [1.29, 1.82) is 0 Å². The SMILES string of the molecule is C[C@@H](OC(=O)c1cc(O)c2ccccc2c1O)C(=O)Nc1ccc(F)cc1F. The lowest BCUT2D eigenvalue weighted by Gasteiger charge is -2.15. The van der Waals surface area contributed by atoms with Gasteiger partial charge in [-0.05, 0) is 25.1 Å². The van der Waals surface area contributed by atoms with Crippen LogP contribution >= 0.6 is 0 Å². The van der Waals surface area contributed by atoms with Crippen molar-refractivity contribution in [3.63, 3.8) is 0 Å². The minimum atomic E-state index is -1.36. The number of phenols is 2. The molecule has 3 aromatic carbocycles. The van der Waals surface area contributed by atoms with Crippen molar-refractivity contribution in [3.05, 3.63) is 65.7 Å². The summed E-state index contributed by atoms with van der Waals surface area (Å²) in [5, 5.41) is 23.1. The van der Waals surface area contributed by atoms with Crippen molar-refractivity contribution in [1.82, 2.24) is 0 Å². The van der Waals surface area contributed by atoms with Gasteiger partial charge in [0.1, 0.15) is 28.7 Å². The molecule has 1 atom stereocenters. The van der Waals surface area contributed by atoms with E-state index in [0.717, 1.165) is 18.2 Å². The largest absolute Gasteiger partial charge is 0.507 e. The van der Waals surface area contributed by atoms with E-state index in [1.165, 1.54) is 13.0 Å². The summed E-state index contributed by atoms with van der Waals surface area (Å²) in [6.45, 7) is 1.24. The molecule has 0 aliphatic heterocycles. The van der Waals surface area contributed by atoms with Gasteiger partial charge in [-0.1, -0.05) is 24.3 Å². The third-order valence-corrected chi connectivity index (χ3v) is 4.06. The van der Waals surface area contributed by atoms with Crippen molar-refractivity contribution in [2.24, 2.45) is 0 Å². The summed E-state index contributed by atoms with van der Waals surface area (Å²) >= 11 is 0. The Kier molecular flexibility index (Phi) is 5.12. The quantitative estimate of drug-likeness (QED) is 0.469. The Morgan fingerprint density at radius 3 is 2.39 bits per heavy atom. The van der Waals surface area contributed by atoms with Crippen LogP contribution in [-0.2, 0) is 9.53 Å². The van der Waals surface area contributed by atoms with E-state index in [4.69, 9.17) is 4.74 Å². The Hall–Kier alpha value is -3.68. The number of phenolic OH excluding ortho intramolecular Hbond substituents is 2. The Morgan fingerprint density at radius 1 is 1.04 bits per heavy atom. The summed E-state index contributed by atoms with van der Waals surface area (Å²) in [5.41, 5.74) is -0.607. The summed E-state index contributed by atoms with van der Waals surface area (Å²) in [4.78, 5) is 24.5. The van der Waals surface area contributed by atoms with E-state index in [0.29, 0.717) is 11.5 Å². The van der Waals surface area contributed by atoms with Gasteiger partial charge in [-0.25, -0.2) is 13.6 Å². The van der Waals surface area contributed by atoms with E-state index in [-0.39, 0.29) is 22.4 Å². The highest BCUT2D eigenvalue weighted by atomic mass is 19.1. The molecule has 6 nitrogen and oxygen atoms in total. The molecule has 0 heterocycles. The molecule has 0 saturated carbocycles. The Morgan fingerprint density at radius 2 is 1.71 bits per heavy atom. The molecule has 0 aromatic heterocycles. The first-order valence-corrected chi connectivity index (χ1v) is 8.18. The van der Waals surface area contributed by atoms with Crippen LogP contribution in [0, 0.1) is 11.6 Å². The van der Waals surface area contributed by atoms with Gasteiger partial charge >= 0.3 is 5.97 Å². The van der Waals surface area contributed by atoms with Crippen LogP contribution in [0.25, 0.3) is 10.8 Å². The molecule has 0 bridgehead atoms. The number of fused-ring (bicyclic) bond motifs is 1. The zero-order chi connectivity index (χ0) is 20.4. The molecule has 3 N–H and O–H groups in total. The lowest BCUT2D eigenvalue weighted by molar-refractivity contribution is -0.123. The first-order chi connectivity index (χ1) is 13.3. The fourth-order valence-corrected chi connectivity index (χ4v) is 2.60. The molecule has 0 fully saturated rings. The third kappa shape index (κ3) is 3.71. The maximum absolute atomic E-state index is 13.6. The number of rotatable bonds is 4. The minimum absolute atomic E-state index is 0.236. The average Bonchev–Trinajstić information content (AvgIpc) is 2.66. The molecular weight excluding hydrogens is 372 g/mol. The molecular formula is C20H15F2NO5. The van der Waals surface area contributed by atoms with E-state index in [1.54, 1.807) is 18.2 Å². The predicted octanol–water partition coefficient (Wildman–Crippen LogP) is 3.71. The maximum Gasteiger partial charge on any atom is 0.342 e. The van der Waals surface area contributed by atoms with E-state index in [1.807, 2.05) is 0 Å². The van der Waals surface area contributed by atoms with E-state index >= 15 is 0 Å². The predicted molar refractivity (Wildman–Crippen MR) is 97.1 cm³/mol. The molecule has 8 heteroatoms. The van der Waals surface area contributed by atoms with E-state index in [2.05, 4.69) is 5.32 Å². The summed E-state index contributed by atoms with van der Waals surface area (Å²) in [6, 6.07) is 9.97. The monoisotopic (exact) mass is 387 g/mol. The first-order valence-electron chi connectivity index (χ1n) is 8.18. The van der Waals surface area contributed by atoms with Crippen molar-refractivity contribution in [2.75, 3.05) is 5.32 Å². The number of aromatic hydroxyl groups is 2. The lowest BCUT2D eigenvalue weighted by atomic mass is 10.0. The zero-order valence-corrected chi connectivity index (χ0v) is 14.6. The molecule has 0 spiro atoms. The number of ether oxygens (including phenoxy) is 1. The van der Waals surface area contributed by atoms with Crippen LogP contribution in [0.3, 0.4) is 0 Å². The first kappa shape index (κ1) is 19.1. The van der Waals surface area contributed by atoms with E-state index in [9.17, 15) is 28.6 Å². The number of halogens is 2. The number of carbonyl (C=O) groups excluding carboxylic acids is 2. The maximum atomic E-state index is 13.6. The highest BCUT2D eigenvalue weighted by Gasteiger charge is 2.24. The third-order valence-electron chi connectivity index (χ3n) is 4.06. The van der Waals surface area contributed by atoms with Gasteiger partial charge in [0, 0.05) is 16.8 Å². The van der Waals surface area contributed by atoms with Crippen LogP contribution in [-0.4, -0.2) is 28.2 Å². The fourth-order valence-electron chi connectivity index (χ4n) is 2.60. The summed E-state index contributed by atoms with van der Waals surface area (Å²) in [7, 11) is 0. The second-order valence-electron chi connectivity index (χ2n) is 6.00. The molecule has 0 radical (unpaired) electrons. The standard InChI is InChI=1S/C20H15F2NO5/c1-10(19(26)23-16-7-6-11(21)8-15(16)22)28-20(27)14-9-17(24)12-4-2-3-5-13(12)18(14)25/h2-10,24-25H,1H3,(H,23,26)/t10-/m1/s1. The second kappa shape index (κ2) is 7.51. The van der Waals surface area contributed by atoms with Crippen LogP contribution in [0.15, 0.2) is 48.5 Å². The highest BCUT2D eigenvalue weighted by molar-refractivity contribution is 6.04. The topological polar surface area (TPSA) is 95.9 Å². The van der Waals surface area contributed by atoms with Crippen molar-refractivity contribution < 1.29 is 33.3 Å². The van der Waals surface area contributed by atoms with Crippen molar-refractivity contribution in [2.45, 2.75) is 13.0 Å². The average molecular weight is 387 g/mol. The molecule has 0 unspecified atom stereocenters. The van der Waals surface area contributed by atoms with E-state index < -0.39 is 35.4 Å². The van der Waals surface area contributed by atoms with Gasteiger partial charge in [-0.15, -0.1) is 0 Å². The molecule has 1 amide bonds. The van der Waals surface area contributed by atoms with Gasteiger partial charge in [0.05, 0.1) is 5.69 Å². The van der Waals surface area contributed by atoms with Crippen molar-refractivity contribution >= 4 is 28.3 Å². The highest BCUT2D eigenvalue weighted by Crippen LogP contribution is 2.35. The number of nitrogens with one attached hydrogen (secondary N) is 1. The molecule has 28 heavy (non-hydrogen) atoms. The Labute approximate surface area is 158 Å². The fraction of sp³-hybridized carbons (Fsp3) is 0.100. The number of benzene rings is 3. The summed E-state index contributed by atoms with van der Waals surface area (Å²) in [5.74, 6) is -4.35. The van der Waals surface area contributed by atoms with Gasteiger partial charge < -0.3 is 20.3 Å². The Bertz CT molecular complexity index is 1080. The van der Waals surface area contributed by atoms with Gasteiger partial charge in [-0.3, -0.25) is 4.79 Å².